The van der Waals surface area contributed by atoms with E-state index in [0.717, 1.165) is 31.4 Å². The van der Waals surface area contributed by atoms with Crippen molar-refractivity contribution in [2.24, 2.45) is 11.7 Å². The maximum atomic E-state index is 11.9. The molecule has 17 heavy (non-hydrogen) atoms. The Bertz CT molecular complexity index is 415. The van der Waals surface area contributed by atoms with Crippen molar-refractivity contribution in [2.45, 2.75) is 32.6 Å². The largest absolute Gasteiger partial charge is 0.330 e. The summed E-state index contributed by atoms with van der Waals surface area (Å²) in [5.74, 6) is 0.244. The van der Waals surface area contributed by atoms with E-state index in [1.54, 1.807) is 0 Å². The molecule has 1 aromatic rings. The number of benzene rings is 1. The Kier molecular flexibility index (Phi) is 3.79. The number of hydrogen-bond donors (Lipinski definition) is 2. The van der Waals surface area contributed by atoms with Gasteiger partial charge in [-0.1, -0.05) is 19.1 Å². The van der Waals surface area contributed by atoms with Gasteiger partial charge in [-0.2, -0.15) is 0 Å². The van der Waals surface area contributed by atoms with E-state index in [1.807, 2.05) is 6.07 Å². The third-order valence-corrected chi connectivity index (χ3v) is 3.43. The van der Waals surface area contributed by atoms with Gasteiger partial charge in [0.05, 0.1) is 0 Å². The zero-order valence-corrected chi connectivity index (χ0v) is 10.3. The molecule has 0 radical (unpaired) electrons. The van der Waals surface area contributed by atoms with Crippen LogP contribution in [0.3, 0.4) is 0 Å². The summed E-state index contributed by atoms with van der Waals surface area (Å²) in [6.07, 6.45) is 3.70. The molecule has 0 bridgehead atoms. The zero-order chi connectivity index (χ0) is 12.3. The van der Waals surface area contributed by atoms with Gasteiger partial charge in [-0.3, -0.25) is 4.79 Å². The van der Waals surface area contributed by atoms with Crippen LogP contribution in [0.15, 0.2) is 18.2 Å². The van der Waals surface area contributed by atoms with Gasteiger partial charge < -0.3 is 11.1 Å². The monoisotopic (exact) mass is 232 g/mol. The lowest BCUT2D eigenvalue weighted by molar-refractivity contribution is -0.120. The Morgan fingerprint density at radius 3 is 3.00 bits per heavy atom. The van der Waals surface area contributed by atoms with Crippen LogP contribution in [0.4, 0.5) is 5.69 Å². The topological polar surface area (TPSA) is 55.1 Å². The van der Waals surface area contributed by atoms with Crippen molar-refractivity contribution < 1.29 is 4.79 Å². The molecule has 0 aromatic heterocycles. The van der Waals surface area contributed by atoms with E-state index in [-0.39, 0.29) is 11.8 Å². The summed E-state index contributed by atoms with van der Waals surface area (Å²) in [5.41, 5.74) is 9.08. The lowest BCUT2D eigenvalue weighted by Crippen LogP contribution is -2.30. The second kappa shape index (κ2) is 5.32. The molecule has 3 heteroatoms. The fourth-order valence-electron chi connectivity index (χ4n) is 2.35. The Morgan fingerprint density at radius 1 is 1.47 bits per heavy atom. The molecular weight excluding hydrogens is 212 g/mol. The second-order valence-electron chi connectivity index (χ2n) is 4.67. The molecule has 3 nitrogen and oxygen atoms in total. The number of amides is 1. The maximum absolute atomic E-state index is 11.9. The smallest absolute Gasteiger partial charge is 0.227 e. The lowest BCUT2D eigenvalue weighted by atomic mass is 9.88. The molecule has 0 fully saturated rings. The third-order valence-electron chi connectivity index (χ3n) is 3.43. The van der Waals surface area contributed by atoms with E-state index in [0.29, 0.717) is 6.54 Å². The highest BCUT2D eigenvalue weighted by molar-refractivity contribution is 5.95. The van der Waals surface area contributed by atoms with Gasteiger partial charge in [0.15, 0.2) is 0 Å². The molecule has 1 atom stereocenters. The van der Waals surface area contributed by atoms with Gasteiger partial charge in [0.25, 0.3) is 0 Å². The van der Waals surface area contributed by atoms with Gasteiger partial charge in [0.2, 0.25) is 5.91 Å². The molecule has 0 spiro atoms. The molecule has 0 saturated carbocycles. The molecule has 1 aliphatic heterocycles. The van der Waals surface area contributed by atoms with E-state index < -0.39 is 0 Å². The Labute approximate surface area is 102 Å². The number of nitrogens with one attached hydrogen (secondary N) is 1. The van der Waals surface area contributed by atoms with Gasteiger partial charge in [-0.05, 0) is 49.4 Å². The first-order chi connectivity index (χ1) is 8.24. The van der Waals surface area contributed by atoms with E-state index in [1.165, 1.54) is 11.1 Å². The normalized spacial score (nSPS) is 18.7. The number of fused-ring (bicyclic) bond motifs is 1. The summed E-state index contributed by atoms with van der Waals surface area (Å²) in [5, 5.41) is 2.99. The number of nitrogens with two attached hydrogens (primary N) is 1. The predicted octanol–water partition coefficient (Wildman–Crippen LogP) is 2.10. The maximum Gasteiger partial charge on any atom is 0.227 e. The van der Waals surface area contributed by atoms with Crippen molar-refractivity contribution in [1.82, 2.24) is 0 Å². The Hall–Kier alpha value is -1.35. The molecule has 1 aliphatic rings. The minimum Gasteiger partial charge on any atom is -0.330 e. The van der Waals surface area contributed by atoms with Crippen molar-refractivity contribution >= 4 is 11.6 Å². The van der Waals surface area contributed by atoms with Crippen LogP contribution in [0, 0.1) is 5.92 Å². The van der Waals surface area contributed by atoms with Crippen LogP contribution < -0.4 is 11.1 Å². The fraction of sp³-hybridized carbons (Fsp3) is 0.500. The summed E-state index contributed by atoms with van der Waals surface area (Å²) in [6.45, 7) is 2.81. The first kappa shape index (κ1) is 12.1. The van der Waals surface area contributed by atoms with Crippen LogP contribution in [0.1, 0.15) is 30.9 Å². The van der Waals surface area contributed by atoms with Gasteiger partial charge in [0.1, 0.15) is 0 Å². The van der Waals surface area contributed by atoms with Gasteiger partial charge in [-0.25, -0.2) is 0 Å². The molecule has 1 heterocycles. The van der Waals surface area contributed by atoms with E-state index in [2.05, 4.69) is 24.4 Å². The van der Waals surface area contributed by atoms with Gasteiger partial charge >= 0.3 is 0 Å². The second-order valence-corrected chi connectivity index (χ2v) is 4.67. The molecule has 3 N–H and O–H groups in total. The van der Waals surface area contributed by atoms with Crippen LogP contribution in [0.25, 0.3) is 0 Å². The molecule has 1 amide bonds. The summed E-state index contributed by atoms with van der Waals surface area (Å²) < 4.78 is 0. The molecular formula is C14H20N2O. The van der Waals surface area contributed by atoms with Crippen molar-refractivity contribution in [3.8, 4) is 0 Å². The molecule has 2 rings (SSSR count). The van der Waals surface area contributed by atoms with Crippen LogP contribution in [-0.2, 0) is 17.6 Å². The van der Waals surface area contributed by atoms with Crippen LogP contribution >= 0.6 is 0 Å². The average Bonchev–Trinajstić information content (AvgIpc) is 2.35. The minimum atomic E-state index is 0.0955. The summed E-state index contributed by atoms with van der Waals surface area (Å²) in [4.78, 5) is 11.9. The molecule has 1 aromatic carbocycles. The highest BCUT2D eigenvalue weighted by atomic mass is 16.1. The quantitative estimate of drug-likeness (QED) is 0.835. The molecule has 1 unspecified atom stereocenters. The fourth-order valence-corrected chi connectivity index (χ4v) is 2.35. The number of anilines is 1. The first-order valence-electron chi connectivity index (χ1n) is 6.37. The molecule has 0 aliphatic carbocycles. The van der Waals surface area contributed by atoms with Crippen LogP contribution in [0.5, 0.6) is 0 Å². The Morgan fingerprint density at radius 2 is 2.29 bits per heavy atom. The standard InChI is InChI=1S/C14H20N2O/c1-2-10-5-6-13-12(8-10)9-11(4-3-7-15)14(17)16-13/h5-6,8,11H,2-4,7,9,15H2,1H3,(H,16,17). The number of hydrogen-bond acceptors (Lipinski definition) is 2. The van der Waals surface area contributed by atoms with E-state index >= 15 is 0 Å². The summed E-state index contributed by atoms with van der Waals surface area (Å²) in [7, 11) is 0. The SMILES string of the molecule is CCc1ccc2c(c1)CC(CCCN)C(=O)N2. The zero-order valence-electron chi connectivity index (χ0n) is 10.3. The van der Waals surface area contributed by atoms with Crippen molar-refractivity contribution in [1.29, 1.82) is 0 Å². The van der Waals surface area contributed by atoms with Crippen molar-refractivity contribution in [3.05, 3.63) is 29.3 Å². The van der Waals surface area contributed by atoms with E-state index in [9.17, 15) is 4.79 Å². The molecule has 92 valence electrons. The predicted molar refractivity (Wildman–Crippen MR) is 69.9 cm³/mol. The highest BCUT2D eigenvalue weighted by Gasteiger charge is 2.25. The Balaban J connectivity index is 2.16. The average molecular weight is 232 g/mol. The van der Waals surface area contributed by atoms with Crippen molar-refractivity contribution in [2.75, 3.05) is 11.9 Å². The van der Waals surface area contributed by atoms with Crippen LogP contribution in [-0.4, -0.2) is 12.5 Å². The lowest BCUT2D eigenvalue weighted by Gasteiger charge is -2.25. The highest BCUT2D eigenvalue weighted by Crippen LogP contribution is 2.28. The van der Waals surface area contributed by atoms with Crippen LogP contribution in [0.2, 0.25) is 0 Å². The van der Waals surface area contributed by atoms with Gasteiger partial charge in [-0.15, -0.1) is 0 Å². The number of aryl methyl sites for hydroxylation is 1. The van der Waals surface area contributed by atoms with Crippen molar-refractivity contribution in [3.63, 3.8) is 0 Å². The summed E-state index contributed by atoms with van der Waals surface area (Å²) in [6, 6.07) is 6.31. The summed E-state index contributed by atoms with van der Waals surface area (Å²) >= 11 is 0. The third kappa shape index (κ3) is 2.67. The number of rotatable bonds is 4. The van der Waals surface area contributed by atoms with E-state index in [4.69, 9.17) is 5.73 Å². The van der Waals surface area contributed by atoms with Gasteiger partial charge in [0, 0.05) is 11.6 Å². The number of carbonyl (C=O) groups excluding carboxylic acids is 1. The first-order valence-corrected chi connectivity index (χ1v) is 6.37. The minimum absolute atomic E-state index is 0.0955. The number of carbonyl (C=O) groups is 1. The molecule has 0 saturated heterocycles.